The molecule has 1 atom stereocenters. The van der Waals surface area contributed by atoms with Gasteiger partial charge in [-0.1, -0.05) is 30.6 Å². The number of hydrogen-bond donors (Lipinski definition) is 1. The monoisotopic (exact) mass is 401 g/mol. The van der Waals surface area contributed by atoms with Crippen LogP contribution in [-0.2, 0) is 9.53 Å². The number of ether oxygens (including phenoxy) is 1. The number of aryl methyl sites for hydroxylation is 2. The smallest absolute Gasteiger partial charge is 0.225 e. The van der Waals surface area contributed by atoms with Crippen LogP contribution in [0.2, 0.25) is 0 Å². The van der Waals surface area contributed by atoms with E-state index >= 15 is 0 Å². The summed E-state index contributed by atoms with van der Waals surface area (Å²) < 4.78 is 5.99. The molecule has 0 aromatic carbocycles. The first kappa shape index (κ1) is 19.3. The standard InChI is InChI=1S/C20H27N5O2S/c1-13-10-16(22-20-24-23-14(2)28-20)11-17(21-13)18-12-25(8-9-27-18)19(26)15-6-4-3-5-7-15/h10-11,15,18H,3-9,12H2,1-2H3,(H,21,22,24)/t18-/m0/s1. The molecule has 1 amide bonds. The van der Waals surface area contributed by atoms with E-state index in [0.29, 0.717) is 25.6 Å². The maximum Gasteiger partial charge on any atom is 0.225 e. The highest BCUT2D eigenvalue weighted by atomic mass is 32.1. The number of hydrogen-bond acceptors (Lipinski definition) is 7. The number of nitrogens with zero attached hydrogens (tertiary/aromatic N) is 4. The molecule has 4 rings (SSSR count). The fourth-order valence-corrected chi connectivity index (χ4v) is 4.65. The van der Waals surface area contributed by atoms with Crippen LogP contribution in [0.5, 0.6) is 0 Å². The number of aromatic nitrogens is 3. The maximum absolute atomic E-state index is 12.9. The minimum absolute atomic E-state index is 0.191. The van der Waals surface area contributed by atoms with Crippen LogP contribution in [0.4, 0.5) is 10.8 Å². The molecule has 1 N–H and O–H groups in total. The van der Waals surface area contributed by atoms with E-state index in [9.17, 15) is 4.79 Å². The van der Waals surface area contributed by atoms with E-state index in [0.717, 1.165) is 40.1 Å². The van der Waals surface area contributed by atoms with E-state index in [-0.39, 0.29) is 12.0 Å². The molecular formula is C20H27N5O2S. The van der Waals surface area contributed by atoms with Crippen molar-refractivity contribution in [1.82, 2.24) is 20.1 Å². The minimum atomic E-state index is -0.196. The van der Waals surface area contributed by atoms with E-state index in [1.807, 2.05) is 30.9 Å². The van der Waals surface area contributed by atoms with Gasteiger partial charge in [0.05, 0.1) is 18.8 Å². The molecule has 0 spiro atoms. The van der Waals surface area contributed by atoms with Crippen LogP contribution >= 0.6 is 11.3 Å². The van der Waals surface area contributed by atoms with Crippen molar-refractivity contribution in [3.63, 3.8) is 0 Å². The Hall–Kier alpha value is -2.06. The molecule has 1 saturated heterocycles. The molecule has 2 aromatic heterocycles. The van der Waals surface area contributed by atoms with Gasteiger partial charge >= 0.3 is 0 Å². The van der Waals surface area contributed by atoms with Crippen molar-refractivity contribution in [1.29, 1.82) is 0 Å². The van der Waals surface area contributed by atoms with Crippen molar-refractivity contribution in [2.24, 2.45) is 5.92 Å². The molecule has 0 bridgehead atoms. The minimum Gasteiger partial charge on any atom is -0.368 e. The predicted octanol–water partition coefficient (Wildman–Crippen LogP) is 3.77. The first-order chi connectivity index (χ1) is 13.6. The van der Waals surface area contributed by atoms with Crippen LogP contribution in [0.25, 0.3) is 0 Å². The van der Waals surface area contributed by atoms with Crippen LogP contribution in [-0.4, -0.2) is 45.7 Å². The van der Waals surface area contributed by atoms with Gasteiger partial charge in [-0.15, -0.1) is 10.2 Å². The van der Waals surface area contributed by atoms with Crippen LogP contribution in [0.3, 0.4) is 0 Å². The Kier molecular flexibility index (Phi) is 5.87. The van der Waals surface area contributed by atoms with Gasteiger partial charge in [-0.2, -0.15) is 0 Å². The molecule has 7 nitrogen and oxygen atoms in total. The van der Waals surface area contributed by atoms with Gasteiger partial charge in [0.1, 0.15) is 11.1 Å². The molecule has 1 aliphatic carbocycles. The van der Waals surface area contributed by atoms with E-state index in [1.54, 1.807) is 0 Å². The number of carbonyl (C=O) groups excluding carboxylic acids is 1. The number of rotatable bonds is 4. The lowest BCUT2D eigenvalue weighted by molar-refractivity contribution is -0.144. The largest absolute Gasteiger partial charge is 0.368 e. The lowest BCUT2D eigenvalue weighted by Crippen LogP contribution is -2.45. The van der Waals surface area contributed by atoms with E-state index in [2.05, 4.69) is 20.5 Å². The van der Waals surface area contributed by atoms with Gasteiger partial charge in [0.25, 0.3) is 0 Å². The number of amides is 1. The SMILES string of the molecule is Cc1cc(Nc2nnc(C)s2)cc([C@@H]2CN(C(=O)C3CCCCC3)CCO2)n1. The first-order valence-corrected chi connectivity index (χ1v) is 10.9. The molecule has 150 valence electrons. The van der Waals surface area contributed by atoms with Crippen molar-refractivity contribution in [2.45, 2.75) is 52.1 Å². The fraction of sp³-hybridized carbons (Fsp3) is 0.600. The number of nitrogens with one attached hydrogen (secondary N) is 1. The second kappa shape index (κ2) is 8.53. The highest BCUT2D eigenvalue weighted by Gasteiger charge is 2.31. The Bertz CT molecular complexity index is 834. The van der Waals surface area contributed by atoms with Crippen molar-refractivity contribution in [3.8, 4) is 0 Å². The zero-order valence-corrected chi connectivity index (χ0v) is 17.3. The van der Waals surface area contributed by atoms with Crippen molar-refractivity contribution in [2.75, 3.05) is 25.0 Å². The third-order valence-corrected chi connectivity index (χ3v) is 6.17. The van der Waals surface area contributed by atoms with Crippen LogP contribution in [0.1, 0.15) is 54.6 Å². The van der Waals surface area contributed by atoms with Gasteiger partial charge in [-0.3, -0.25) is 9.78 Å². The number of morpholine rings is 1. The average Bonchev–Trinajstić information content (AvgIpc) is 3.12. The van der Waals surface area contributed by atoms with Crippen LogP contribution < -0.4 is 5.32 Å². The zero-order chi connectivity index (χ0) is 19.5. The normalized spacial score (nSPS) is 20.9. The van der Waals surface area contributed by atoms with Gasteiger partial charge in [-0.25, -0.2) is 0 Å². The molecule has 2 aliphatic rings. The van der Waals surface area contributed by atoms with Gasteiger partial charge in [0, 0.05) is 23.8 Å². The Morgan fingerprint density at radius 3 is 2.79 bits per heavy atom. The van der Waals surface area contributed by atoms with E-state index in [4.69, 9.17) is 4.74 Å². The third kappa shape index (κ3) is 4.50. The van der Waals surface area contributed by atoms with Gasteiger partial charge in [0.15, 0.2) is 0 Å². The Morgan fingerprint density at radius 1 is 1.21 bits per heavy atom. The van der Waals surface area contributed by atoms with E-state index < -0.39 is 0 Å². The molecule has 3 heterocycles. The molecular weight excluding hydrogens is 374 g/mol. The summed E-state index contributed by atoms with van der Waals surface area (Å²) in [6.07, 6.45) is 5.45. The molecule has 2 aromatic rings. The Balaban J connectivity index is 1.47. The third-order valence-electron chi connectivity index (χ3n) is 5.41. The van der Waals surface area contributed by atoms with Gasteiger partial charge < -0.3 is 15.0 Å². The molecule has 0 radical (unpaired) electrons. The van der Waals surface area contributed by atoms with Crippen molar-refractivity contribution in [3.05, 3.63) is 28.5 Å². The summed E-state index contributed by atoms with van der Waals surface area (Å²) in [5, 5.41) is 13.1. The summed E-state index contributed by atoms with van der Waals surface area (Å²) in [6.45, 7) is 5.70. The number of carbonyl (C=O) groups is 1. The second-order valence-corrected chi connectivity index (χ2v) is 8.83. The zero-order valence-electron chi connectivity index (χ0n) is 16.5. The topological polar surface area (TPSA) is 80.2 Å². The summed E-state index contributed by atoms with van der Waals surface area (Å²) in [5.41, 5.74) is 2.67. The maximum atomic E-state index is 12.9. The first-order valence-electron chi connectivity index (χ1n) is 10.0. The molecule has 28 heavy (non-hydrogen) atoms. The summed E-state index contributed by atoms with van der Waals surface area (Å²) >= 11 is 1.51. The predicted molar refractivity (Wildman–Crippen MR) is 109 cm³/mol. The van der Waals surface area contributed by atoms with Crippen LogP contribution in [0.15, 0.2) is 12.1 Å². The Morgan fingerprint density at radius 2 is 2.04 bits per heavy atom. The molecule has 1 aliphatic heterocycles. The van der Waals surface area contributed by atoms with Crippen molar-refractivity contribution < 1.29 is 9.53 Å². The van der Waals surface area contributed by atoms with Gasteiger partial charge in [0.2, 0.25) is 11.0 Å². The number of anilines is 2. The summed E-state index contributed by atoms with van der Waals surface area (Å²) in [5.74, 6) is 0.485. The molecule has 8 heteroatoms. The quantitative estimate of drug-likeness (QED) is 0.840. The molecule has 1 saturated carbocycles. The summed E-state index contributed by atoms with van der Waals surface area (Å²) in [7, 11) is 0. The number of pyridine rings is 1. The van der Waals surface area contributed by atoms with Gasteiger partial charge in [-0.05, 0) is 38.8 Å². The molecule has 2 fully saturated rings. The average molecular weight is 402 g/mol. The lowest BCUT2D eigenvalue weighted by atomic mass is 9.88. The summed E-state index contributed by atoms with van der Waals surface area (Å²) in [6, 6.07) is 3.97. The highest BCUT2D eigenvalue weighted by molar-refractivity contribution is 7.15. The highest BCUT2D eigenvalue weighted by Crippen LogP contribution is 2.30. The molecule has 0 unspecified atom stereocenters. The van der Waals surface area contributed by atoms with Crippen LogP contribution in [0, 0.1) is 19.8 Å². The van der Waals surface area contributed by atoms with E-state index in [1.165, 1.54) is 30.6 Å². The fourth-order valence-electron chi connectivity index (χ4n) is 4.04. The lowest BCUT2D eigenvalue weighted by Gasteiger charge is -2.35. The second-order valence-electron chi connectivity index (χ2n) is 7.65. The van der Waals surface area contributed by atoms with Crippen molar-refractivity contribution >= 4 is 28.1 Å². The summed E-state index contributed by atoms with van der Waals surface area (Å²) in [4.78, 5) is 19.6. The Labute approximate surface area is 169 Å².